The zero-order valence-electron chi connectivity index (χ0n) is 25.0. The molecule has 3 N–H and O–H groups in total. The van der Waals surface area contributed by atoms with Gasteiger partial charge in [0.05, 0.1) is 24.6 Å². The summed E-state index contributed by atoms with van der Waals surface area (Å²) in [5.74, 6) is -1.08. The maximum atomic E-state index is 13.3. The van der Waals surface area contributed by atoms with E-state index in [4.69, 9.17) is 9.47 Å². The number of amides is 2. The van der Waals surface area contributed by atoms with E-state index in [1.807, 2.05) is 84.9 Å². The molecule has 44 heavy (non-hydrogen) atoms. The van der Waals surface area contributed by atoms with Crippen molar-refractivity contribution >= 4 is 17.8 Å². The van der Waals surface area contributed by atoms with Crippen LogP contribution in [0.4, 0.5) is 0 Å². The summed E-state index contributed by atoms with van der Waals surface area (Å²) in [5, 5.41) is 15.8. The number of allylic oxidation sites excluding steroid dienone is 2. The summed E-state index contributed by atoms with van der Waals surface area (Å²) in [5.41, 5.74) is 2.77. The minimum absolute atomic E-state index is 0.0403. The van der Waals surface area contributed by atoms with Crippen molar-refractivity contribution in [2.24, 2.45) is 5.92 Å². The van der Waals surface area contributed by atoms with Gasteiger partial charge < -0.3 is 25.2 Å². The van der Waals surface area contributed by atoms with Crippen LogP contribution in [0.2, 0.25) is 0 Å². The summed E-state index contributed by atoms with van der Waals surface area (Å²) in [6, 6.07) is 25.5. The van der Waals surface area contributed by atoms with Crippen molar-refractivity contribution in [1.29, 1.82) is 0 Å². The third-order valence-electron chi connectivity index (χ3n) is 6.98. The van der Waals surface area contributed by atoms with Crippen LogP contribution < -0.4 is 15.4 Å². The highest BCUT2D eigenvalue weighted by Gasteiger charge is 2.26. The van der Waals surface area contributed by atoms with E-state index in [0.717, 1.165) is 22.4 Å². The SMILES string of the molecule is C=CCCC(=O)OC[C@@H](NC(=O)[C@H](CC=C)CC(=O)N[C@H](CO)Cc1ccc(OCc2ccccc2)cc1)c1ccccc1. The van der Waals surface area contributed by atoms with Gasteiger partial charge in [0.2, 0.25) is 11.8 Å². The minimum Gasteiger partial charge on any atom is -0.489 e. The van der Waals surface area contributed by atoms with E-state index in [2.05, 4.69) is 23.8 Å². The number of nitrogens with one attached hydrogen (secondary N) is 2. The Morgan fingerprint density at radius 3 is 2.16 bits per heavy atom. The van der Waals surface area contributed by atoms with Gasteiger partial charge in [-0.3, -0.25) is 14.4 Å². The molecule has 3 aromatic rings. The number of esters is 1. The van der Waals surface area contributed by atoms with E-state index in [-0.39, 0.29) is 50.3 Å². The lowest BCUT2D eigenvalue weighted by atomic mass is 9.97. The molecule has 0 spiro atoms. The highest BCUT2D eigenvalue weighted by atomic mass is 16.5. The lowest BCUT2D eigenvalue weighted by molar-refractivity contribution is -0.145. The quantitative estimate of drug-likeness (QED) is 0.129. The van der Waals surface area contributed by atoms with Gasteiger partial charge in [0.1, 0.15) is 19.0 Å². The number of hydrogen-bond acceptors (Lipinski definition) is 6. The van der Waals surface area contributed by atoms with Crippen molar-refractivity contribution in [3.8, 4) is 5.75 Å². The molecule has 0 unspecified atom stereocenters. The van der Waals surface area contributed by atoms with E-state index in [1.54, 1.807) is 12.2 Å². The molecule has 3 aromatic carbocycles. The van der Waals surface area contributed by atoms with Crippen molar-refractivity contribution in [2.45, 2.75) is 50.8 Å². The van der Waals surface area contributed by atoms with Crippen LogP contribution in [0, 0.1) is 5.92 Å². The third kappa shape index (κ3) is 11.9. The van der Waals surface area contributed by atoms with Gasteiger partial charge in [0, 0.05) is 12.8 Å². The molecule has 0 radical (unpaired) electrons. The summed E-state index contributed by atoms with van der Waals surface area (Å²) in [6.45, 7) is 7.52. The Kier molecular flexibility index (Phi) is 14.4. The predicted octanol–water partition coefficient (Wildman–Crippen LogP) is 5.23. The van der Waals surface area contributed by atoms with Crippen molar-refractivity contribution in [3.05, 3.63) is 127 Å². The normalized spacial score (nSPS) is 12.7. The first-order valence-corrected chi connectivity index (χ1v) is 14.8. The topological polar surface area (TPSA) is 114 Å². The van der Waals surface area contributed by atoms with Crippen molar-refractivity contribution < 1.29 is 29.0 Å². The van der Waals surface area contributed by atoms with Crippen LogP contribution in [0.25, 0.3) is 0 Å². The fraction of sp³-hybridized carbons (Fsp3) is 0.306. The molecule has 3 atom stereocenters. The van der Waals surface area contributed by atoms with Gasteiger partial charge in [0.15, 0.2) is 0 Å². The lowest BCUT2D eigenvalue weighted by Gasteiger charge is -2.23. The molecule has 0 aliphatic carbocycles. The molecule has 8 heteroatoms. The first kappa shape index (κ1) is 33.8. The molecule has 0 aliphatic heterocycles. The Hall–Kier alpha value is -4.69. The summed E-state index contributed by atoms with van der Waals surface area (Å²) in [6.07, 6.45) is 4.53. The Morgan fingerprint density at radius 1 is 0.841 bits per heavy atom. The van der Waals surface area contributed by atoms with E-state index in [0.29, 0.717) is 19.4 Å². The predicted molar refractivity (Wildman–Crippen MR) is 171 cm³/mol. The number of benzene rings is 3. The summed E-state index contributed by atoms with van der Waals surface area (Å²) in [4.78, 5) is 38.4. The highest BCUT2D eigenvalue weighted by Crippen LogP contribution is 2.19. The van der Waals surface area contributed by atoms with Crippen LogP contribution in [-0.4, -0.2) is 42.1 Å². The molecule has 0 saturated carbocycles. The van der Waals surface area contributed by atoms with E-state index < -0.39 is 18.0 Å². The molecule has 232 valence electrons. The standard InChI is InChI=1S/C36H42N2O6/c1-3-5-17-35(41)44-26-33(29-15-10-7-11-16-29)38-36(42)30(12-4-2)23-34(40)37-31(24-39)22-27-18-20-32(21-19-27)43-25-28-13-8-6-9-14-28/h3-4,6-11,13-16,18-21,30-31,33,39H,1-2,5,12,17,22-26H2,(H,37,40)(H,38,42)/t30-,31+,33-/m1/s1. The average Bonchev–Trinajstić information content (AvgIpc) is 3.05. The number of rotatable bonds is 19. The Bertz CT molecular complexity index is 1330. The van der Waals surface area contributed by atoms with E-state index >= 15 is 0 Å². The molecule has 2 amide bonds. The molecule has 0 saturated heterocycles. The first-order valence-electron chi connectivity index (χ1n) is 14.8. The molecular weight excluding hydrogens is 556 g/mol. The van der Waals surface area contributed by atoms with Gasteiger partial charge in [-0.05, 0) is 48.1 Å². The molecule has 0 bridgehead atoms. The number of aliphatic hydroxyl groups is 1. The smallest absolute Gasteiger partial charge is 0.306 e. The second-order valence-corrected chi connectivity index (χ2v) is 10.5. The number of carbonyl (C=O) groups is 3. The van der Waals surface area contributed by atoms with Crippen LogP contribution in [0.15, 0.2) is 110 Å². The summed E-state index contributed by atoms with van der Waals surface area (Å²) >= 11 is 0. The fourth-order valence-corrected chi connectivity index (χ4v) is 4.57. The second kappa shape index (κ2) is 18.8. The Balaban J connectivity index is 1.55. The van der Waals surface area contributed by atoms with Gasteiger partial charge in [-0.1, -0.05) is 84.9 Å². The number of hydrogen-bond donors (Lipinski definition) is 3. The number of ether oxygens (including phenoxy) is 2. The van der Waals surface area contributed by atoms with Crippen molar-refractivity contribution in [2.75, 3.05) is 13.2 Å². The lowest BCUT2D eigenvalue weighted by Crippen LogP contribution is -2.42. The highest BCUT2D eigenvalue weighted by molar-refractivity contribution is 5.86. The third-order valence-corrected chi connectivity index (χ3v) is 6.98. The molecule has 0 aliphatic rings. The van der Waals surface area contributed by atoms with Crippen molar-refractivity contribution in [3.63, 3.8) is 0 Å². The number of aliphatic hydroxyl groups excluding tert-OH is 1. The maximum absolute atomic E-state index is 13.3. The monoisotopic (exact) mass is 598 g/mol. The Labute approximate surface area is 259 Å². The van der Waals surface area contributed by atoms with E-state index in [1.165, 1.54) is 0 Å². The summed E-state index contributed by atoms with van der Waals surface area (Å²) in [7, 11) is 0. The Morgan fingerprint density at radius 2 is 1.52 bits per heavy atom. The van der Waals surface area contributed by atoms with Gasteiger partial charge in [-0.2, -0.15) is 0 Å². The van der Waals surface area contributed by atoms with Gasteiger partial charge in [-0.15, -0.1) is 13.2 Å². The molecule has 0 fully saturated rings. The van der Waals surface area contributed by atoms with Gasteiger partial charge >= 0.3 is 5.97 Å². The number of carbonyl (C=O) groups excluding carboxylic acids is 3. The van der Waals surface area contributed by atoms with Crippen LogP contribution in [-0.2, 0) is 32.1 Å². The maximum Gasteiger partial charge on any atom is 0.306 e. The van der Waals surface area contributed by atoms with E-state index in [9.17, 15) is 19.5 Å². The first-order chi connectivity index (χ1) is 21.4. The molecule has 0 heterocycles. The molecular formula is C36H42N2O6. The van der Waals surface area contributed by atoms with Crippen LogP contribution >= 0.6 is 0 Å². The summed E-state index contributed by atoms with van der Waals surface area (Å²) < 4.78 is 11.2. The van der Waals surface area contributed by atoms with Crippen LogP contribution in [0.5, 0.6) is 5.75 Å². The largest absolute Gasteiger partial charge is 0.489 e. The average molecular weight is 599 g/mol. The molecule has 0 aromatic heterocycles. The second-order valence-electron chi connectivity index (χ2n) is 10.5. The van der Waals surface area contributed by atoms with Gasteiger partial charge in [0.25, 0.3) is 0 Å². The molecule has 8 nitrogen and oxygen atoms in total. The minimum atomic E-state index is -0.699. The zero-order valence-corrected chi connectivity index (χ0v) is 25.0. The van der Waals surface area contributed by atoms with Gasteiger partial charge in [-0.25, -0.2) is 0 Å². The van der Waals surface area contributed by atoms with Crippen LogP contribution in [0.3, 0.4) is 0 Å². The zero-order chi connectivity index (χ0) is 31.6. The van der Waals surface area contributed by atoms with Crippen molar-refractivity contribution in [1.82, 2.24) is 10.6 Å². The van der Waals surface area contributed by atoms with Crippen LogP contribution in [0.1, 0.15) is 48.4 Å². The molecule has 3 rings (SSSR count). The fourth-order valence-electron chi connectivity index (χ4n) is 4.57.